The first kappa shape index (κ1) is 18.3. The number of hydrogen-bond acceptors (Lipinski definition) is 7. The van der Waals surface area contributed by atoms with E-state index in [0.717, 1.165) is 15.4 Å². The molecule has 0 fully saturated rings. The number of likely N-dealkylation sites (N-methyl/N-ethyl adjacent to an activating group) is 1. The lowest BCUT2D eigenvalue weighted by Gasteiger charge is -2.14. The average molecular weight is 438 g/mol. The fourth-order valence-corrected chi connectivity index (χ4v) is 7.07. The predicted molar refractivity (Wildman–Crippen MR) is 124 cm³/mol. The molecule has 0 saturated heterocycles. The van der Waals surface area contributed by atoms with E-state index in [2.05, 4.69) is 26.9 Å². The third kappa shape index (κ3) is 3.22. The van der Waals surface area contributed by atoms with Crippen molar-refractivity contribution in [2.24, 2.45) is 0 Å². The minimum absolute atomic E-state index is 0.140. The Morgan fingerprint density at radius 3 is 2.79 bits per heavy atom. The first-order chi connectivity index (χ1) is 14.2. The number of nitrogens with zero attached hydrogens (tertiary/aromatic N) is 3. The second kappa shape index (κ2) is 7.28. The third-order valence-electron chi connectivity index (χ3n) is 4.55. The molecule has 4 heterocycles. The summed E-state index contributed by atoms with van der Waals surface area (Å²) in [5, 5.41) is 10.3. The molecule has 5 aromatic rings. The Morgan fingerprint density at radius 1 is 1.21 bits per heavy atom. The van der Waals surface area contributed by atoms with Crippen LogP contribution in [0, 0.1) is 6.57 Å². The van der Waals surface area contributed by atoms with Gasteiger partial charge in [0.2, 0.25) is 11.6 Å². The zero-order valence-electron chi connectivity index (χ0n) is 15.4. The van der Waals surface area contributed by atoms with Crippen molar-refractivity contribution in [3.63, 3.8) is 0 Å². The number of anilines is 1. The summed E-state index contributed by atoms with van der Waals surface area (Å²) in [7, 11) is 1.99. The van der Waals surface area contributed by atoms with Crippen LogP contribution in [-0.2, 0) is 0 Å². The number of fused-ring (bicyclic) bond motifs is 4. The lowest BCUT2D eigenvalue weighted by molar-refractivity contribution is 0.304. The Hall–Kier alpha value is -2.70. The smallest absolute Gasteiger partial charge is 0.249 e. The molecule has 0 atom stereocenters. The van der Waals surface area contributed by atoms with Crippen LogP contribution in [-0.4, -0.2) is 30.3 Å². The molecule has 0 spiro atoms. The number of aliphatic hydroxyl groups excluding tert-OH is 1. The molecule has 144 valence electrons. The maximum Gasteiger partial charge on any atom is 0.249 e. The SMILES string of the molecule is [C-]#[N+]/C(=C\c1cc2sc3cc(N(C)CCO)sc3c2s1)c1nc2ccccc2o1. The van der Waals surface area contributed by atoms with Gasteiger partial charge in [-0.2, -0.15) is 0 Å². The molecule has 0 amide bonds. The van der Waals surface area contributed by atoms with Crippen LogP contribution in [0.25, 0.3) is 46.5 Å². The number of rotatable bonds is 5. The summed E-state index contributed by atoms with van der Waals surface area (Å²) in [5.41, 5.74) is 1.84. The number of aromatic nitrogens is 1. The summed E-state index contributed by atoms with van der Waals surface area (Å²) < 4.78 is 10.8. The minimum atomic E-state index is 0.140. The van der Waals surface area contributed by atoms with Crippen LogP contribution in [0.4, 0.5) is 5.00 Å². The third-order valence-corrected chi connectivity index (χ3v) is 8.39. The average Bonchev–Trinajstić information content (AvgIpc) is 3.45. The van der Waals surface area contributed by atoms with Crippen LogP contribution >= 0.6 is 34.0 Å². The highest BCUT2D eigenvalue weighted by molar-refractivity contribution is 7.39. The summed E-state index contributed by atoms with van der Waals surface area (Å²) in [6.07, 6.45) is 1.85. The highest BCUT2D eigenvalue weighted by Gasteiger charge is 2.16. The quantitative estimate of drug-likeness (QED) is 0.334. The van der Waals surface area contributed by atoms with Gasteiger partial charge in [-0.3, -0.25) is 0 Å². The molecule has 0 radical (unpaired) electrons. The van der Waals surface area contributed by atoms with Gasteiger partial charge in [-0.1, -0.05) is 12.1 Å². The maximum atomic E-state index is 9.17. The zero-order valence-corrected chi connectivity index (χ0v) is 17.8. The van der Waals surface area contributed by atoms with Crippen molar-refractivity contribution in [1.82, 2.24) is 4.98 Å². The van der Waals surface area contributed by atoms with E-state index in [0.29, 0.717) is 23.7 Å². The van der Waals surface area contributed by atoms with Gasteiger partial charge < -0.3 is 14.4 Å². The van der Waals surface area contributed by atoms with E-state index >= 15 is 0 Å². The summed E-state index contributed by atoms with van der Waals surface area (Å²) >= 11 is 5.18. The summed E-state index contributed by atoms with van der Waals surface area (Å²) in [6, 6.07) is 11.8. The van der Waals surface area contributed by atoms with Crippen molar-refractivity contribution in [2.45, 2.75) is 0 Å². The van der Waals surface area contributed by atoms with Crippen LogP contribution in [0.5, 0.6) is 0 Å². The molecule has 0 aliphatic carbocycles. The number of benzene rings is 1. The van der Waals surface area contributed by atoms with E-state index in [1.807, 2.05) is 37.4 Å². The number of hydrogen-bond donors (Lipinski definition) is 1. The van der Waals surface area contributed by atoms with Crippen LogP contribution in [0.3, 0.4) is 0 Å². The summed E-state index contributed by atoms with van der Waals surface area (Å²) in [5.74, 6) is 0.354. The fraction of sp³-hybridized carbons (Fsp3) is 0.143. The molecule has 4 aromatic heterocycles. The van der Waals surface area contributed by atoms with Crippen molar-refractivity contribution in [1.29, 1.82) is 0 Å². The van der Waals surface area contributed by atoms with Gasteiger partial charge in [0.05, 0.1) is 27.6 Å². The Morgan fingerprint density at radius 2 is 2.00 bits per heavy atom. The summed E-state index contributed by atoms with van der Waals surface area (Å²) in [6.45, 7) is 8.34. The Kier molecular flexibility index (Phi) is 4.60. The lowest BCUT2D eigenvalue weighted by atomic mass is 10.3. The molecule has 0 saturated carbocycles. The van der Waals surface area contributed by atoms with Crippen molar-refractivity contribution in [3.05, 3.63) is 58.6 Å². The Bertz CT molecular complexity index is 1380. The molecular weight excluding hydrogens is 422 g/mol. The van der Waals surface area contributed by atoms with Crippen molar-refractivity contribution >= 4 is 80.7 Å². The van der Waals surface area contributed by atoms with Gasteiger partial charge in [0, 0.05) is 27.9 Å². The lowest BCUT2D eigenvalue weighted by Crippen LogP contribution is -2.19. The molecule has 0 aliphatic heterocycles. The van der Waals surface area contributed by atoms with Crippen molar-refractivity contribution in [3.8, 4) is 0 Å². The molecule has 0 aliphatic rings. The van der Waals surface area contributed by atoms with E-state index in [1.165, 1.54) is 18.8 Å². The van der Waals surface area contributed by atoms with Gasteiger partial charge in [0.25, 0.3) is 0 Å². The highest BCUT2D eigenvalue weighted by Crippen LogP contribution is 2.46. The molecular formula is C21H15N3O2S3. The minimum Gasteiger partial charge on any atom is -0.447 e. The molecule has 29 heavy (non-hydrogen) atoms. The fourth-order valence-electron chi connectivity index (χ4n) is 3.12. The van der Waals surface area contributed by atoms with E-state index < -0.39 is 0 Å². The first-order valence-corrected chi connectivity index (χ1v) is 11.3. The number of thiophene rings is 3. The van der Waals surface area contributed by atoms with E-state index in [-0.39, 0.29) is 6.61 Å². The van der Waals surface area contributed by atoms with Crippen LogP contribution in [0.15, 0.2) is 40.8 Å². The number of oxazole rings is 1. The standard InChI is InChI=1S/C21H15N3O2S3/c1-22-14(21-23-13-5-3-4-6-15(13)26-21)9-12-10-16-19(27-12)20-17(28-16)11-18(29-20)24(2)7-8-25/h3-6,9-11,25H,7-8H2,2H3/b14-9-. The maximum absolute atomic E-state index is 9.17. The number of para-hydroxylation sites is 2. The largest absolute Gasteiger partial charge is 0.447 e. The molecule has 5 rings (SSSR count). The van der Waals surface area contributed by atoms with Gasteiger partial charge in [0.15, 0.2) is 5.58 Å². The number of aliphatic hydroxyl groups is 1. The second-order valence-electron chi connectivity index (χ2n) is 6.50. The molecule has 0 bridgehead atoms. The Labute approximate surface area is 178 Å². The van der Waals surface area contributed by atoms with Gasteiger partial charge in [-0.25, -0.2) is 9.83 Å². The van der Waals surface area contributed by atoms with E-state index in [1.54, 1.807) is 34.0 Å². The van der Waals surface area contributed by atoms with Crippen molar-refractivity contribution < 1.29 is 9.52 Å². The van der Waals surface area contributed by atoms with Crippen LogP contribution in [0.1, 0.15) is 10.8 Å². The molecule has 1 N–H and O–H groups in total. The summed E-state index contributed by atoms with van der Waals surface area (Å²) in [4.78, 5) is 11.2. The highest BCUT2D eigenvalue weighted by atomic mass is 32.1. The van der Waals surface area contributed by atoms with Crippen LogP contribution in [0.2, 0.25) is 0 Å². The van der Waals surface area contributed by atoms with Gasteiger partial charge in [-0.05, 0) is 30.3 Å². The Balaban J connectivity index is 1.54. The monoisotopic (exact) mass is 437 g/mol. The van der Waals surface area contributed by atoms with E-state index in [9.17, 15) is 5.11 Å². The normalized spacial score (nSPS) is 12.2. The van der Waals surface area contributed by atoms with E-state index in [4.69, 9.17) is 11.0 Å². The van der Waals surface area contributed by atoms with Gasteiger partial charge in [0.1, 0.15) is 5.52 Å². The second-order valence-corrected chi connectivity index (χ2v) is 9.69. The topological polar surface area (TPSA) is 53.9 Å². The van der Waals surface area contributed by atoms with Gasteiger partial charge in [-0.15, -0.1) is 34.0 Å². The van der Waals surface area contributed by atoms with Crippen LogP contribution < -0.4 is 4.90 Å². The molecule has 8 heteroatoms. The predicted octanol–water partition coefficient (Wildman–Crippen LogP) is 6.16. The zero-order chi connectivity index (χ0) is 20.0. The molecule has 5 nitrogen and oxygen atoms in total. The molecule has 0 unspecified atom stereocenters. The van der Waals surface area contributed by atoms with Crippen molar-refractivity contribution in [2.75, 3.05) is 25.1 Å². The first-order valence-electron chi connectivity index (χ1n) is 8.89. The van der Waals surface area contributed by atoms with Gasteiger partial charge >= 0.3 is 0 Å². The molecule has 1 aromatic carbocycles.